The van der Waals surface area contributed by atoms with Crippen LogP contribution in [0.4, 0.5) is 5.69 Å². The monoisotopic (exact) mass is 378 g/mol. The molecule has 1 amide bonds. The number of methoxy groups -OCH3 is 1. The maximum Gasteiger partial charge on any atom is 0.337 e. The lowest BCUT2D eigenvalue weighted by atomic mass is 10.1. The smallest absolute Gasteiger partial charge is 0.337 e. The Balaban J connectivity index is 1.50. The molecule has 28 heavy (non-hydrogen) atoms. The van der Waals surface area contributed by atoms with E-state index >= 15 is 0 Å². The molecule has 0 atom stereocenters. The van der Waals surface area contributed by atoms with Crippen molar-refractivity contribution < 1.29 is 14.3 Å². The number of hydrogen-bond donors (Lipinski definition) is 0. The number of amides is 1. The predicted octanol–water partition coefficient (Wildman–Crippen LogP) is 1.56. The van der Waals surface area contributed by atoms with E-state index in [1.807, 2.05) is 0 Å². The van der Waals surface area contributed by atoms with Crippen LogP contribution in [0.25, 0.3) is 10.9 Å². The fraction of sp³-hybridized carbons (Fsp3) is 0.250. The van der Waals surface area contributed by atoms with Gasteiger partial charge in [0, 0.05) is 18.7 Å². The molecule has 2 aromatic carbocycles. The molecule has 0 bridgehead atoms. The Kier molecular flexibility index (Phi) is 4.60. The average Bonchev–Trinajstić information content (AvgIpc) is 3.16. The van der Waals surface area contributed by atoms with E-state index in [4.69, 9.17) is 4.74 Å². The number of benzene rings is 2. The summed E-state index contributed by atoms with van der Waals surface area (Å²) in [5, 5.41) is 8.43. The molecule has 2 heterocycles. The van der Waals surface area contributed by atoms with Crippen molar-refractivity contribution in [2.24, 2.45) is 0 Å². The number of fused-ring (bicyclic) bond motifs is 2. The molecule has 8 heteroatoms. The molecular weight excluding hydrogens is 360 g/mol. The van der Waals surface area contributed by atoms with E-state index in [9.17, 15) is 14.4 Å². The summed E-state index contributed by atoms with van der Waals surface area (Å²) in [5.74, 6) is -0.506. The number of aryl methyl sites for hydroxylation is 1. The van der Waals surface area contributed by atoms with Gasteiger partial charge in [-0.1, -0.05) is 17.3 Å². The summed E-state index contributed by atoms with van der Waals surface area (Å²) >= 11 is 0. The molecule has 4 rings (SSSR count). The highest BCUT2D eigenvalue weighted by molar-refractivity contribution is 5.97. The molecule has 0 saturated heterocycles. The zero-order valence-electron chi connectivity index (χ0n) is 15.3. The lowest BCUT2D eigenvalue weighted by molar-refractivity contribution is -0.118. The maximum atomic E-state index is 12.7. The number of aromatic nitrogens is 3. The van der Waals surface area contributed by atoms with Crippen LogP contribution in [0.15, 0.2) is 47.3 Å². The van der Waals surface area contributed by atoms with E-state index in [-0.39, 0.29) is 24.4 Å². The van der Waals surface area contributed by atoms with Crippen molar-refractivity contribution in [1.82, 2.24) is 15.0 Å². The number of hydrogen-bond acceptors (Lipinski definition) is 6. The lowest BCUT2D eigenvalue weighted by Crippen LogP contribution is -2.32. The van der Waals surface area contributed by atoms with Crippen LogP contribution in [0.5, 0.6) is 0 Å². The Morgan fingerprint density at radius 1 is 1.18 bits per heavy atom. The minimum Gasteiger partial charge on any atom is -0.465 e. The fourth-order valence-electron chi connectivity index (χ4n) is 3.41. The first kappa shape index (κ1) is 17.8. The van der Waals surface area contributed by atoms with Gasteiger partial charge in [0.1, 0.15) is 5.52 Å². The molecule has 0 radical (unpaired) electrons. The Morgan fingerprint density at radius 3 is 2.82 bits per heavy atom. The van der Waals surface area contributed by atoms with Gasteiger partial charge in [-0.15, -0.1) is 5.10 Å². The minimum atomic E-state index is -0.401. The lowest BCUT2D eigenvalue weighted by Gasteiger charge is -2.17. The van der Waals surface area contributed by atoms with E-state index in [2.05, 4.69) is 10.3 Å². The SMILES string of the molecule is COC(=O)c1ccc2c(c1)CCN2C(=O)CCn1nnc2ccccc2c1=O. The van der Waals surface area contributed by atoms with Gasteiger partial charge in [0.15, 0.2) is 0 Å². The number of ether oxygens (including phenoxy) is 1. The standard InChI is InChI=1S/C20H18N4O4/c1-28-20(27)14-6-7-17-13(12-14)8-10-23(17)18(25)9-11-24-19(26)15-4-2-3-5-16(15)21-22-24/h2-7,12H,8-11H2,1H3. The average molecular weight is 378 g/mol. The Labute approximate surface area is 160 Å². The third-order valence-electron chi connectivity index (χ3n) is 4.86. The van der Waals surface area contributed by atoms with Crippen molar-refractivity contribution in [3.63, 3.8) is 0 Å². The highest BCUT2D eigenvalue weighted by atomic mass is 16.5. The molecular formula is C20H18N4O4. The van der Waals surface area contributed by atoms with Crippen LogP contribution in [-0.4, -0.2) is 40.5 Å². The third-order valence-corrected chi connectivity index (χ3v) is 4.86. The van der Waals surface area contributed by atoms with Crippen molar-refractivity contribution in [3.05, 3.63) is 63.9 Å². The number of esters is 1. The van der Waals surface area contributed by atoms with Gasteiger partial charge >= 0.3 is 5.97 Å². The number of rotatable bonds is 4. The number of carbonyl (C=O) groups excluding carboxylic acids is 2. The second-order valence-electron chi connectivity index (χ2n) is 6.52. The number of anilines is 1. The van der Waals surface area contributed by atoms with E-state index in [1.54, 1.807) is 47.4 Å². The van der Waals surface area contributed by atoms with Gasteiger partial charge in [-0.25, -0.2) is 9.48 Å². The summed E-state index contributed by atoms with van der Waals surface area (Å²) in [6.07, 6.45) is 0.798. The molecule has 0 aliphatic carbocycles. The second-order valence-corrected chi connectivity index (χ2v) is 6.52. The Hall–Kier alpha value is -3.55. The molecule has 0 spiro atoms. The zero-order chi connectivity index (χ0) is 19.7. The van der Waals surface area contributed by atoms with Gasteiger partial charge in [-0.2, -0.15) is 0 Å². The first-order valence-electron chi connectivity index (χ1n) is 8.92. The first-order valence-corrected chi connectivity index (χ1v) is 8.92. The van der Waals surface area contributed by atoms with E-state index in [0.29, 0.717) is 29.4 Å². The molecule has 8 nitrogen and oxygen atoms in total. The van der Waals surface area contributed by atoms with Crippen LogP contribution in [0, 0.1) is 0 Å². The highest BCUT2D eigenvalue weighted by Gasteiger charge is 2.25. The summed E-state index contributed by atoms with van der Waals surface area (Å²) in [7, 11) is 1.34. The van der Waals surface area contributed by atoms with Crippen LogP contribution < -0.4 is 10.5 Å². The van der Waals surface area contributed by atoms with Gasteiger partial charge < -0.3 is 9.64 Å². The number of carbonyl (C=O) groups is 2. The molecule has 0 fully saturated rings. The summed E-state index contributed by atoms with van der Waals surface area (Å²) in [5.41, 5.74) is 2.45. The van der Waals surface area contributed by atoms with Crippen LogP contribution in [0.3, 0.4) is 0 Å². The summed E-state index contributed by atoms with van der Waals surface area (Å²) in [6, 6.07) is 12.1. The largest absolute Gasteiger partial charge is 0.465 e. The molecule has 0 saturated carbocycles. The van der Waals surface area contributed by atoms with Gasteiger partial charge in [0.05, 0.1) is 24.6 Å². The van der Waals surface area contributed by atoms with Gasteiger partial charge in [0.25, 0.3) is 5.56 Å². The van der Waals surface area contributed by atoms with Crippen LogP contribution >= 0.6 is 0 Å². The number of nitrogens with zero attached hydrogens (tertiary/aromatic N) is 4. The predicted molar refractivity (Wildman–Crippen MR) is 102 cm³/mol. The van der Waals surface area contributed by atoms with E-state index in [1.165, 1.54) is 11.8 Å². The topological polar surface area (TPSA) is 94.4 Å². The van der Waals surface area contributed by atoms with Crippen molar-refractivity contribution in [2.45, 2.75) is 19.4 Å². The molecule has 0 N–H and O–H groups in total. The zero-order valence-corrected chi connectivity index (χ0v) is 15.3. The van der Waals surface area contributed by atoms with Crippen molar-refractivity contribution >= 4 is 28.5 Å². The molecule has 1 aliphatic rings. The van der Waals surface area contributed by atoms with Crippen LogP contribution in [-0.2, 0) is 22.5 Å². The molecule has 142 valence electrons. The van der Waals surface area contributed by atoms with E-state index < -0.39 is 5.97 Å². The molecule has 0 unspecified atom stereocenters. The van der Waals surface area contributed by atoms with Gasteiger partial charge in [-0.05, 0) is 42.3 Å². The quantitative estimate of drug-likeness (QED) is 0.640. The van der Waals surface area contributed by atoms with Crippen molar-refractivity contribution in [3.8, 4) is 0 Å². The molecule has 1 aliphatic heterocycles. The van der Waals surface area contributed by atoms with Crippen LogP contribution in [0.1, 0.15) is 22.3 Å². The van der Waals surface area contributed by atoms with Crippen molar-refractivity contribution in [2.75, 3.05) is 18.6 Å². The maximum absolute atomic E-state index is 12.7. The third kappa shape index (κ3) is 3.13. The summed E-state index contributed by atoms with van der Waals surface area (Å²) in [4.78, 5) is 38.5. The summed E-state index contributed by atoms with van der Waals surface area (Å²) in [6.45, 7) is 0.693. The summed E-state index contributed by atoms with van der Waals surface area (Å²) < 4.78 is 5.95. The first-order chi connectivity index (χ1) is 13.6. The Morgan fingerprint density at radius 2 is 2.00 bits per heavy atom. The molecule has 3 aromatic rings. The van der Waals surface area contributed by atoms with Crippen LogP contribution in [0.2, 0.25) is 0 Å². The van der Waals surface area contributed by atoms with Crippen molar-refractivity contribution in [1.29, 1.82) is 0 Å². The van der Waals surface area contributed by atoms with E-state index in [0.717, 1.165) is 11.3 Å². The Bertz CT molecular complexity index is 1140. The minimum absolute atomic E-state index is 0.105. The van der Waals surface area contributed by atoms with Gasteiger partial charge in [-0.3, -0.25) is 9.59 Å². The second kappa shape index (κ2) is 7.22. The normalized spacial score (nSPS) is 12.8. The molecule has 1 aromatic heterocycles. The highest BCUT2D eigenvalue weighted by Crippen LogP contribution is 2.29. The fourth-order valence-corrected chi connectivity index (χ4v) is 3.41. The van der Waals surface area contributed by atoms with Gasteiger partial charge in [0.2, 0.25) is 5.91 Å².